The lowest BCUT2D eigenvalue weighted by molar-refractivity contribution is 0.247. The van der Waals surface area contributed by atoms with Crippen molar-refractivity contribution in [3.05, 3.63) is 36.8 Å². The Hall–Kier alpha value is -2.57. The van der Waals surface area contributed by atoms with Gasteiger partial charge in [0.1, 0.15) is 5.69 Å². The fourth-order valence-corrected chi connectivity index (χ4v) is 1.77. The number of urea groups is 1. The third-order valence-corrected chi connectivity index (χ3v) is 2.61. The Balaban J connectivity index is 1.88. The second-order valence-electron chi connectivity index (χ2n) is 4.29. The van der Waals surface area contributed by atoms with Gasteiger partial charge in [-0.2, -0.15) is 5.10 Å². The average Bonchev–Trinajstić information content (AvgIpc) is 2.91. The highest BCUT2D eigenvalue weighted by Gasteiger charge is 2.11. The smallest absolute Gasteiger partial charge is 0.319 e. The topological polar surface area (TPSA) is 81.1 Å². The molecule has 0 bridgehead atoms. The van der Waals surface area contributed by atoms with Crippen LogP contribution < -0.4 is 15.4 Å². The van der Waals surface area contributed by atoms with Crippen LogP contribution >= 0.6 is 0 Å². The van der Waals surface area contributed by atoms with Gasteiger partial charge in [-0.05, 0) is 25.1 Å². The molecule has 2 aromatic heterocycles. The minimum Gasteiger partial charge on any atom is -0.480 e. The van der Waals surface area contributed by atoms with E-state index < -0.39 is 0 Å². The molecule has 0 saturated heterocycles. The number of amides is 2. The summed E-state index contributed by atoms with van der Waals surface area (Å²) in [6.45, 7) is 2.51. The van der Waals surface area contributed by atoms with E-state index in [1.54, 1.807) is 29.2 Å². The van der Waals surface area contributed by atoms with Gasteiger partial charge < -0.3 is 15.4 Å². The molecule has 0 radical (unpaired) electrons. The number of carbonyl (C=O) groups is 1. The molecule has 0 aliphatic heterocycles. The molecule has 0 spiro atoms. The number of hydrogen-bond donors (Lipinski definition) is 2. The van der Waals surface area contributed by atoms with Gasteiger partial charge in [0.2, 0.25) is 5.88 Å². The zero-order valence-electron chi connectivity index (χ0n) is 11.4. The first kappa shape index (κ1) is 13.9. The summed E-state index contributed by atoms with van der Waals surface area (Å²) in [4.78, 5) is 15.9. The number of nitrogens with zero attached hydrogens (tertiary/aromatic N) is 3. The van der Waals surface area contributed by atoms with E-state index in [-0.39, 0.29) is 12.1 Å². The Morgan fingerprint density at radius 1 is 1.45 bits per heavy atom. The van der Waals surface area contributed by atoms with Crippen molar-refractivity contribution < 1.29 is 9.53 Å². The summed E-state index contributed by atoms with van der Waals surface area (Å²) in [5, 5.41) is 9.62. The van der Waals surface area contributed by atoms with Crippen molar-refractivity contribution in [2.45, 2.75) is 19.5 Å². The van der Waals surface area contributed by atoms with E-state index in [9.17, 15) is 4.79 Å². The second-order valence-corrected chi connectivity index (χ2v) is 4.29. The fourth-order valence-electron chi connectivity index (χ4n) is 1.77. The van der Waals surface area contributed by atoms with Gasteiger partial charge in [-0.3, -0.25) is 4.68 Å². The maximum absolute atomic E-state index is 11.9. The van der Waals surface area contributed by atoms with Crippen LogP contribution in [-0.4, -0.2) is 33.9 Å². The van der Waals surface area contributed by atoms with Crippen molar-refractivity contribution in [1.82, 2.24) is 20.1 Å². The summed E-state index contributed by atoms with van der Waals surface area (Å²) in [7, 11) is 1.51. The normalized spacial score (nSPS) is 11.7. The van der Waals surface area contributed by atoms with Crippen LogP contribution in [-0.2, 0) is 6.54 Å². The van der Waals surface area contributed by atoms with Gasteiger partial charge >= 0.3 is 6.03 Å². The molecule has 0 unspecified atom stereocenters. The Morgan fingerprint density at radius 2 is 2.30 bits per heavy atom. The summed E-state index contributed by atoms with van der Waals surface area (Å²) >= 11 is 0. The lowest BCUT2D eigenvalue weighted by Crippen LogP contribution is -2.38. The van der Waals surface area contributed by atoms with Gasteiger partial charge in [-0.1, -0.05) is 0 Å². The number of rotatable bonds is 5. The van der Waals surface area contributed by atoms with E-state index in [0.29, 0.717) is 18.1 Å². The largest absolute Gasteiger partial charge is 0.480 e. The number of pyridine rings is 1. The van der Waals surface area contributed by atoms with Crippen molar-refractivity contribution in [3.8, 4) is 5.88 Å². The van der Waals surface area contributed by atoms with Crippen molar-refractivity contribution in [1.29, 1.82) is 0 Å². The molecule has 2 aromatic rings. The van der Waals surface area contributed by atoms with Gasteiger partial charge in [0.25, 0.3) is 0 Å². The highest BCUT2D eigenvalue weighted by Crippen LogP contribution is 2.19. The third-order valence-electron chi connectivity index (χ3n) is 2.61. The standard InChI is InChI=1S/C13H17N5O2/c1-10(9-18-8-4-7-15-18)16-13(19)17-11-5-3-6-14-12(11)20-2/h3-8,10H,9H2,1-2H3,(H2,16,17,19)/t10-/m1/s1. The van der Waals surface area contributed by atoms with Crippen LogP contribution in [0.15, 0.2) is 36.8 Å². The first-order chi connectivity index (χ1) is 9.69. The molecule has 0 saturated carbocycles. The molecule has 2 N–H and O–H groups in total. The molecular weight excluding hydrogens is 258 g/mol. The van der Waals surface area contributed by atoms with Crippen LogP contribution in [0.3, 0.4) is 0 Å². The number of methoxy groups -OCH3 is 1. The molecule has 2 heterocycles. The Labute approximate surface area is 117 Å². The molecule has 7 nitrogen and oxygen atoms in total. The molecule has 7 heteroatoms. The summed E-state index contributed by atoms with van der Waals surface area (Å²) in [5.41, 5.74) is 0.527. The van der Waals surface area contributed by atoms with Gasteiger partial charge in [0, 0.05) is 24.6 Å². The predicted octanol–water partition coefficient (Wildman–Crippen LogP) is 1.50. The highest BCUT2D eigenvalue weighted by molar-refractivity contribution is 5.90. The lowest BCUT2D eigenvalue weighted by Gasteiger charge is -2.15. The molecule has 0 fully saturated rings. The molecule has 2 amide bonds. The number of ether oxygens (including phenoxy) is 1. The van der Waals surface area contributed by atoms with Crippen LogP contribution in [0.25, 0.3) is 0 Å². The summed E-state index contributed by atoms with van der Waals surface area (Å²) in [6, 6.07) is 4.93. The summed E-state index contributed by atoms with van der Waals surface area (Å²) < 4.78 is 6.83. The van der Waals surface area contributed by atoms with Gasteiger partial charge in [-0.15, -0.1) is 0 Å². The maximum Gasteiger partial charge on any atom is 0.319 e. The van der Waals surface area contributed by atoms with Crippen LogP contribution in [0.5, 0.6) is 5.88 Å². The van der Waals surface area contributed by atoms with Crippen LogP contribution in [0.4, 0.5) is 10.5 Å². The zero-order chi connectivity index (χ0) is 14.4. The van der Waals surface area contributed by atoms with E-state index in [1.807, 2.05) is 19.2 Å². The number of aromatic nitrogens is 3. The van der Waals surface area contributed by atoms with Gasteiger partial charge in [0.15, 0.2) is 0 Å². The van der Waals surface area contributed by atoms with E-state index in [0.717, 1.165) is 0 Å². The maximum atomic E-state index is 11.9. The van der Waals surface area contributed by atoms with E-state index in [1.165, 1.54) is 7.11 Å². The monoisotopic (exact) mass is 275 g/mol. The number of nitrogens with one attached hydrogen (secondary N) is 2. The van der Waals surface area contributed by atoms with Crippen molar-refractivity contribution in [2.75, 3.05) is 12.4 Å². The molecule has 0 aliphatic rings. The second kappa shape index (κ2) is 6.55. The molecule has 2 rings (SSSR count). The van der Waals surface area contributed by atoms with E-state index in [4.69, 9.17) is 4.74 Å². The summed E-state index contributed by atoms with van der Waals surface area (Å²) in [5.74, 6) is 0.377. The third kappa shape index (κ3) is 3.71. The van der Waals surface area contributed by atoms with E-state index >= 15 is 0 Å². The molecule has 20 heavy (non-hydrogen) atoms. The molecule has 0 aliphatic carbocycles. The molecule has 1 atom stereocenters. The molecule has 106 valence electrons. The van der Waals surface area contributed by atoms with Crippen LogP contribution in [0.1, 0.15) is 6.92 Å². The van der Waals surface area contributed by atoms with Crippen molar-refractivity contribution in [3.63, 3.8) is 0 Å². The fraction of sp³-hybridized carbons (Fsp3) is 0.308. The SMILES string of the molecule is COc1ncccc1NC(=O)N[C@H](C)Cn1cccn1. The first-order valence-electron chi connectivity index (χ1n) is 6.23. The Bertz CT molecular complexity index is 556. The number of carbonyl (C=O) groups excluding carboxylic acids is 1. The number of anilines is 1. The molecular formula is C13H17N5O2. The lowest BCUT2D eigenvalue weighted by atomic mass is 10.3. The minimum atomic E-state index is -0.309. The summed E-state index contributed by atoms with van der Waals surface area (Å²) in [6.07, 6.45) is 5.15. The van der Waals surface area contributed by atoms with Gasteiger partial charge in [0.05, 0.1) is 13.7 Å². The Kier molecular flexibility index (Phi) is 4.54. The Morgan fingerprint density at radius 3 is 3.00 bits per heavy atom. The van der Waals surface area contributed by atoms with Crippen LogP contribution in [0, 0.1) is 0 Å². The minimum absolute atomic E-state index is 0.0578. The zero-order valence-corrected chi connectivity index (χ0v) is 11.4. The highest BCUT2D eigenvalue weighted by atomic mass is 16.5. The predicted molar refractivity (Wildman–Crippen MR) is 74.6 cm³/mol. The van der Waals surface area contributed by atoms with Crippen molar-refractivity contribution >= 4 is 11.7 Å². The van der Waals surface area contributed by atoms with Gasteiger partial charge in [-0.25, -0.2) is 9.78 Å². The quantitative estimate of drug-likeness (QED) is 0.866. The van der Waals surface area contributed by atoms with Crippen molar-refractivity contribution in [2.24, 2.45) is 0 Å². The average molecular weight is 275 g/mol. The molecule has 0 aromatic carbocycles. The first-order valence-corrected chi connectivity index (χ1v) is 6.23. The van der Waals surface area contributed by atoms with Crippen LogP contribution in [0.2, 0.25) is 0 Å². The number of hydrogen-bond acceptors (Lipinski definition) is 4. The van der Waals surface area contributed by atoms with E-state index in [2.05, 4.69) is 20.7 Å².